The second kappa shape index (κ2) is 9.09. The predicted octanol–water partition coefficient (Wildman–Crippen LogP) is 7.19. The number of para-hydroxylation sites is 2. The van der Waals surface area contributed by atoms with Crippen molar-refractivity contribution < 1.29 is 0 Å². The third kappa shape index (κ3) is 4.37. The van der Waals surface area contributed by atoms with E-state index in [0.29, 0.717) is 10.0 Å². The largest absolute Gasteiger partial charge is 0.352 e. The van der Waals surface area contributed by atoms with E-state index < -0.39 is 0 Å². The molecule has 0 saturated carbocycles. The fourth-order valence-corrected chi connectivity index (χ4v) is 4.22. The van der Waals surface area contributed by atoms with Crippen LogP contribution in [0.3, 0.4) is 0 Å². The van der Waals surface area contributed by atoms with Gasteiger partial charge >= 0.3 is 0 Å². The van der Waals surface area contributed by atoms with Crippen LogP contribution in [0.2, 0.25) is 10.0 Å². The highest BCUT2D eigenvalue weighted by atomic mass is 35.5. The zero-order valence-corrected chi connectivity index (χ0v) is 20.6. The number of halogens is 2. The van der Waals surface area contributed by atoms with Crippen LogP contribution in [0.1, 0.15) is 19.5 Å². The van der Waals surface area contributed by atoms with Gasteiger partial charge in [-0.15, -0.1) is 0 Å². The van der Waals surface area contributed by atoms with Crippen molar-refractivity contribution in [3.63, 3.8) is 0 Å². The molecule has 7 heteroatoms. The van der Waals surface area contributed by atoms with Crippen LogP contribution >= 0.6 is 23.2 Å². The van der Waals surface area contributed by atoms with Crippen molar-refractivity contribution in [2.24, 2.45) is 4.99 Å². The first-order valence-corrected chi connectivity index (χ1v) is 11.8. The molecule has 0 unspecified atom stereocenters. The number of rotatable bonds is 4. The molecule has 170 valence electrons. The average molecular weight is 488 g/mol. The topological polar surface area (TPSA) is 55.1 Å². The monoisotopic (exact) mass is 487 g/mol. The van der Waals surface area contributed by atoms with E-state index in [-0.39, 0.29) is 6.04 Å². The first-order chi connectivity index (χ1) is 16.4. The maximum atomic E-state index is 6.40. The highest BCUT2D eigenvalue weighted by molar-refractivity contribution is 6.42. The Morgan fingerprint density at radius 3 is 2.50 bits per heavy atom. The number of hydrogen-bond donors (Lipinski definition) is 1. The van der Waals surface area contributed by atoms with E-state index >= 15 is 0 Å². The van der Waals surface area contributed by atoms with Crippen LogP contribution in [0.15, 0.2) is 77.9 Å². The van der Waals surface area contributed by atoms with E-state index in [2.05, 4.69) is 34.8 Å². The van der Waals surface area contributed by atoms with Crippen molar-refractivity contribution in [2.45, 2.75) is 26.8 Å². The van der Waals surface area contributed by atoms with E-state index in [1.165, 1.54) is 0 Å². The fourth-order valence-electron chi connectivity index (χ4n) is 3.93. The van der Waals surface area contributed by atoms with Gasteiger partial charge in [-0.2, -0.15) is 0 Å². The van der Waals surface area contributed by atoms with E-state index in [0.717, 1.165) is 50.5 Å². The van der Waals surface area contributed by atoms with Crippen molar-refractivity contribution >= 4 is 45.6 Å². The first kappa shape index (κ1) is 22.4. The molecule has 2 aromatic carbocycles. The number of benzene rings is 3. The molecule has 1 aromatic heterocycles. The lowest BCUT2D eigenvalue weighted by Crippen LogP contribution is -2.16. The zero-order chi connectivity index (χ0) is 23.8. The average Bonchev–Trinajstić information content (AvgIpc) is 2.81. The Morgan fingerprint density at radius 2 is 1.76 bits per heavy atom. The summed E-state index contributed by atoms with van der Waals surface area (Å²) in [6.45, 7) is 6.09. The molecule has 0 atom stereocenters. The van der Waals surface area contributed by atoms with Crippen molar-refractivity contribution in [3.8, 4) is 17.1 Å². The summed E-state index contributed by atoms with van der Waals surface area (Å²) in [4.78, 5) is 14.3. The molecule has 5 nitrogen and oxygen atoms in total. The van der Waals surface area contributed by atoms with Crippen molar-refractivity contribution in [2.75, 3.05) is 5.32 Å². The van der Waals surface area contributed by atoms with Crippen LogP contribution in [0, 0.1) is 6.92 Å². The minimum absolute atomic E-state index is 0.112. The Balaban J connectivity index is 1.82. The molecule has 2 heterocycles. The second-order valence-corrected chi connectivity index (χ2v) is 9.24. The van der Waals surface area contributed by atoms with E-state index in [1.54, 1.807) is 0 Å². The molecule has 1 aliphatic heterocycles. The van der Waals surface area contributed by atoms with Gasteiger partial charge in [0.15, 0.2) is 0 Å². The van der Waals surface area contributed by atoms with Gasteiger partial charge in [-0.25, -0.2) is 4.98 Å². The smallest absolute Gasteiger partial charge is 0.0900 e. The number of nitrogens with zero attached hydrogens (tertiary/aromatic N) is 4. The molecular formula is C27H23Cl2N5. The molecule has 1 N–H and O–H groups in total. The quantitative estimate of drug-likeness (QED) is 0.272. The van der Waals surface area contributed by atoms with Crippen molar-refractivity contribution in [3.05, 3.63) is 94.0 Å². The summed E-state index contributed by atoms with van der Waals surface area (Å²) >= 11 is 12.6. The third-order valence-electron chi connectivity index (χ3n) is 5.45. The number of anilines is 2. The SMILES string of the molecule is Cc1ccc(Nc2cc3nc4ccccc4n(-c4ccc(Cl)c(Cl)c4)c-3cc2=NC(C)C)cn1. The lowest BCUT2D eigenvalue weighted by Gasteiger charge is -2.20. The van der Waals surface area contributed by atoms with Gasteiger partial charge < -0.3 is 9.88 Å². The predicted molar refractivity (Wildman–Crippen MR) is 141 cm³/mol. The van der Waals surface area contributed by atoms with Crippen molar-refractivity contribution in [1.29, 1.82) is 0 Å². The fraction of sp³-hybridized carbons (Fsp3) is 0.148. The van der Waals surface area contributed by atoms with Gasteiger partial charge in [0.2, 0.25) is 0 Å². The summed E-state index contributed by atoms with van der Waals surface area (Å²) in [5.41, 5.74) is 7.21. The van der Waals surface area contributed by atoms with Crippen LogP contribution in [0.4, 0.5) is 11.4 Å². The van der Waals surface area contributed by atoms with Gasteiger partial charge in [-0.3, -0.25) is 9.98 Å². The molecule has 34 heavy (non-hydrogen) atoms. The highest BCUT2D eigenvalue weighted by Gasteiger charge is 2.17. The van der Waals surface area contributed by atoms with E-state index in [4.69, 9.17) is 33.2 Å². The number of hydrogen-bond acceptors (Lipinski definition) is 4. The lowest BCUT2D eigenvalue weighted by atomic mass is 10.1. The van der Waals surface area contributed by atoms with E-state index in [1.807, 2.05) is 73.8 Å². The summed E-state index contributed by atoms with van der Waals surface area (Å²) in [7, 11) is 0. The van der Waals surface area contributed by atoms with Gasteiger partial charge in [0, 0.05) is 17.4 Å². The Morgan fingerprint density at radius 1 is 0.941 bits per heavy atom. The summed E-state index contributed by atoms with van der Waals surface area (Å²) in [5, 5.41) is 5.33. The maximum Gasteiger partial charge on any atom is 0.0900 e. The molecule has 0 radical (unpaired) electrons. The normalized spacial score (nSPS) is 12.1. The minimum Gasteiger partial charge on any atom is -0.352 e. The van der Waals surface area contributed by atoms with Crippen LogP contribution in [0.25, 0.3) is 28.1 Å². The Labute approximate surface area is 208 Å². The molecular weight excluding hydrogens is 465 g/mol. The summed E-state index contributed by atoms with van der Waals surface area (Å²) < 4.78 is 2.15. The molecule has 0 saturated heterocycles. The van der Waals surface area contributed by atoms with Gasteiger partial charge in [0.05, 0.1) is 55.4 Å². The number of fused-ring (bicyclic) bond motifs is 2. The maximum absolute atomic E-state index is 6.40. The molecule has 3 aromatic rings. The highest BCUT2D eigenvalue weighted by Crippen LogP contribution is 2.32. The summed E-state index contributed by atoms with van der Waals surface area (Å²) in [6.07, 6.45) is 1.82. The molecule has 0 amide bonds. The minimum atomic E-state index is 0.112. The van der Waals surface area contributed by atoms with Crippen LogP contribution < -0.4 is 10.7 Å². The zero-order valence-electron chi connectivity index (χ0n) is 19.1. The summed E-state index contributed by atoms with van der Waals surface area (Å²) in [6, 6.07) is 21.9. The Kier molecular flexibility index (Phi) is 5.98. The molecule has 2 aliphatic rings. The number of pyridine rings is 1. The lowest BCUT2D eigenvalue weighted by molar-refractivity contribution is 0.806. The van der Waals surface area contributed by atoms with Gasteiger partial charge in [0.1, 0.15) is 0 Å². The van der Waals surface area contributed by atoms with E-state index in [9.17, 15) is 0 Å². The van der Waals surface area contributed by atoms with Crippen LogP contribution in [-0.4, -0.2) is 20.6 Å². The van der Waals surface area contributed by atoms with Crippen LogP contribution in [0.5, 0.6) is 0 Å². The van der Waals surface area contributed by atoms with Gasteiger partial charge in [0.25, 0.3) is 0 Å². The Hall–Kier alpha value is -3.41. The Bertz CT molecular complexity index is 1540. The van der Waals surface area contributed by atoms with Gasteiger partial charge in [-0.1, -0.05) is 35.3 Å². The molecule has 1 aliphatic carbocycles. The molecule has 5 rings (SSSR count). The molecule has 0 bridgehead atoms. The van der Waals surface area contributed by atoms with Crippen molar-refractivity contribution in [1.82, 2.24) is 14.5 Å². The molecule has 0 fully saturated rings. The first-order valence-electron chi connectivity index (χ1n) is 11.0. The number of aryl methyl sites for hydroxylation is 1. The van der Waals surface area contributed by atoms with Gasteiger partial charge in [-0.05, 0) is 75.4 Å². The second-order valence-electron chi connectivity index (χ2n) is 8.43. The van der Waals surface area contributed by atoms with Crippen LogP contribution in [-0.2, 0) is 0 Å². The number of aromatic nitrogens is 3. The number of nitrogens with one attached hydrogen (secondary N) is 1. The molecule has 0 spiro atoms. The third-order valence-corrected chi connectivity index (χ3v) is 6.19. The standard InChI is InChI=1S/C27H23Cl2N5/c1-16(2)31-24-14-27-25(13-23(24)32-18-9-8-17(3)30-15-18)33-22-6-4-5-7-26(22)34(27)19-10-11-20(28)21(29)12-19/h4-16,32H,1-3H3. The summed E-state index contributed by atoms with van der Waals surface area (Å²) in [5.74, 6) is 0.